The van der Waals surface area contributed by atoms with Crippen molar-refractivity contribution < 1.29 is 0 Å². The van der Waals surface area contributed by atoms with Crippen molar-refractivity contribution in [2.75, 3.05) is 17.7 Å². The normalized spacial score (nSPS) is 10.2. The molecule has 0 fully saturated rings. The second-order valence-electron chi connectivity index (χ2n) is 5.04. The Morgan fingerprint density at radius 1 is 1.19 bits per heavy atom. The molecule has 3 heteroatoms. The summed E-state index contributed by atoms with van der Waals surface area (Å²) in [5, 5.41) is 9.49. The van der Waals surface area contributed by atoms with Gasteiger partial charge in [-0.2, -0.15) is 5.26 Å². The highest BCUT2D eigenvalue weighted by Crippen LogP contribution is 2.30. The molecule has 0 N–H and O–H groups in total. The van der Waals surface area contributed by atoms with E-state index in [1.807, 2.05) is 25.2 Å². The maximum absolute atomic E-state index is 9.49. The standard InChI is InChI=1S/C18H20N2S/c1-4-21-18-10-6-9-17(16(18)12-19)20(3)13-15-8-5-7-14(2)11-15/h5-11H,4,13H2,1-3H3. The molecule has 0 saturated heterocycles. The first-order chi connectivity index (χ1) is 10.2. The fourth-order valence-electron chi connectivity index (χ4n) is 2.40. The minimum absolute atomic E-state index is 0.777. The van der Waals surface area contributed by atoms with E-state index in [2.05, 4.69) is 49.1 Å². The van der Waals surface area contributed by atoms with Crippen molar-refractivity contribution in [3.05, 3.63) is 59.2 Å². The molecule has 0 radical (unpaired) electrons. The van der Waals surface area contributed by atoms with Crippen LogP contribution in [0, 0.1) is 18.3 Å². The molecule has 2 nitrogen and oxygen atoms in total. The van der Waals surface area contributed by atoms with Crippen LogP contribution < -0.4 is 4.90 Å². The van der Waals surface area contributed by atoms with Crippen LogP contribution in [0.15, 0.2) is 47.4 Å². The number of anilines is 1. The molecule has 0 atom stereocenters. The molecule has 21 heavy (non-hydrogen) atoms. The summed E-state index contributed by atoms with van der Waals surface area (Å²) in [6, 6.07) is 16.9. The van der Waals surface area contributed by atoms with Gasteiger partial charge in [-0.3, -0.25) is 0 Å². The predicted molar refractivity (Wildman–Crippen MR) is 90.8 cm³/mol. The topological polar surface area (TPSA) is 27.0 Å². The Morgan fingerprint density at radius 3 is 2.62 bits per heavy atom. The summed E-state index contributed by atoms with van der Waals surface area (Å²) in [6.45, 7) is 5.01. The van der Waals surface area contributed by atoms with Crippen LogP contribution in [0.2, 0.25) is 0 Å². The molecule has 0 bridgehead atoms. The number of benzene rings is 2. The number of aryl methyl sites for hydroxylation is 1. The summed E-state index contributed by atoms with van der Waals surface area (Å²) >= 11 is 1.72. The Balaban J connectivity index is 2.29. The van der Waals surface area contributed by atoms with Gasteiger partial charge in [0.15, 0.2) is 0 Å². The Labute approximate surface area is 131 Å². The predicted octanol–water partition coefficient (Wildman–Crippen LogP) is 4.62. The molecule has 0 saturated carbocycles. The van der Waals surface area contributed by atoms with Crippen molar-refractivity contribution in [3.63, 3.8) is 0 Å². The second-order valence-corrected chi connectivity index (χ2v) is 6.35. The van der Waals surface area contributed by atoms with Crippen LogP contribution in [0.25, 0.3) is 0 Å². The van der Waals surface area contributed by atoms with Crippen molar-refractivity contribution in [2.24, 2.45) is 0 Å². The molecule has 0 heterocycles. The maximum atomic E-state index is 9.49. The van der Waals surface area contributed by atoms with Crippen LogP contribution in [0.1, 0.15) is 23.6 Å². The summed E-state index contributed by atoms with van der Waals surface area (Å²) in [5.74, 6) is 0.972. The van der Waals surface area contributed by atoms with E-state index in [-0.39, 0.29) is 0 Å². The van der Waals surface area contributed by atoms with Gasteiger partial charge in [0.2, 0.25) is 0 Å². The largest absolute Gasteiger partial charge is 0.369 e. The molecule has 108 valence electrons. The molecule has 2 rings (SSSR count). The van der Waals surface area contributed by atoms with E-state index in [4.69, 9.17) is 0 Å². The van der Waals surface area contributed by atoms with Crippen LogP contribution in [-0.2, 0) is 6.54 Å². The third-order valence-electron chi connectivity index (χ3n) is 3.33. The average Bonchev–Trinajstić information content (AvgIpc) is 2.47. The van der Waals surface area contributed by atoms with E-state index >= 15 is 0 Å². The van der Waals surface area contributed by atoms with Crippen molar-refractivity contribution in [3.8, 4) is 6.07 Å². The number of thioether (sulfide) groups is 1. The Kier molecular flexibility index (Phi) is 5.30. The van der Waals surface area contributed by atoms with E-state index in [0.29, 0.717) is 0 Å². The number of nitriles is 1. The Morgan fingerprint density at radius 2 is 1.95 bits per heavy atom. The van der Waals surface area contributed by atoms with Crippen LogP contribution >= 0.6 is 11.8 Å². The van der Waals surface area contributed by atoms with Crippen molar-refractivity contribution in [1.82, 2.24) is 0 Å². The van der Waals surface area contributed by atoms with Gasteiger partial charge in [0.25, 0.3) is 0 Å². The quantitative estimate of drug-likeness (QED) is 0.754. The van der Waals surface area contributed by atoms with Crippen molar-refractivity contribution in [2.45, 2.75) is 25.3 Å². The van der Waals surface area contributed by atoms with E-state index in [1.54, 1.807) is 11.8 Å². The second kappa shape index (κ2) is 7.19. The molecule has 0 aliphatic carbocycles. The van der Waals surface area contributed by atoms with Gasteiger partial charge >= 0.3 is 0 Å². The van der Waals surface area contributed by atoms with Crippen LogP contribution in [0.3, 0.4) is 0 Å². The molecule has 0 unspecified atom stereocenters. The average molecular weight is 296 g/mol. The smallest absolute Gasteiger partial charge is 0.103 e. The fourth-order valence-corrected chi connectivity index (χ4v) is 3.18. The molecule has 2 aromatic carbocycles. The van der Waals surface area contributed by atoms with E-state index in [1.165, 1.54) is 11.1 Å². The van der Waals surface area contributed by atoms with Gasteiger partial charge in [0.05, 0.1) is 11.3 Å². The van der Waals surface area contributed by atoms with Gasteiger partial charge in [0.1, 0.15) is 6.07 Å². The number of hydrogen-bond donors (Lipinski definition) is 0. The molecular formula is C18H20N2S. The zero-order valence-electron chi connectivity index (χ0n) is 12.8. The van der Waals surface area contributed by atoms with Gasteiger partial charge in [-0.25, -0.2) is 0 Å². The lowest BCUT2D eigenvalue weighted by molar-refractivity contribution is 0.916. The first kappa shape index (κ1) is 15.5. The third kappa shape index (κ3) is 3.80. The number of hydrogen-bond acceptors (Lipinski definition) is 3. The zero-order valence-corrected chi connectivity index (χ0v) is 13.6. The monoisotopic (exact) mass is 296 g/mol. The number of rotatable bonds is 5. The summed E-state index contributed by atoms with van der Waals surface area (Å²) in [4.78, 5) is 3.21. The third-order valence-corrected chi connectivity index (χ3v) is 4.27. The van der Waals surface area contributed by atoms with Crippen LogP contribution in [0.5, 0.6) is 0 Å². The highest BCUT2D eigenvalue weighted by Gasteiger charge is 2.12. The maximum Gasteiger partial charge on any atom is 0.103 e. The molecule has 0 aromatic heterocycles. The lowest BCUT2D eigenvalue weighted by Crippen LogP contribution is -2.17. The first-order valence-corrected chi connectivity index (χ1v) is 8.07. The molecular weight excluding hydrogens is 276 g/mol. The fraction of sp³-hybridized carbons (Fsp3) is 0.278. The number of nitrogens with zero attached hydrogens (tertiary/aromatic N) is 2. The van der Waals surface area contributed by atoms with Crippen LogP contribution in [-0.4, -0.2) is 12.8 Å². The first-order valence-electron chi connectivity index (χ1n) is 7.08. The van der Waals surface area contributed by atoms with Crippen molar-refractivity contribution >= 4 is 17.4 Å². The molecule has 0 aliphatic heterocycles. The minimum Gasteiger partial charge on any atom is -0.369 e. The molecule has 0 amide bonds. The molecule has 2 aromatic rings. The summed E-state index contributed by atoms with van der Waals surface area (Å²) < 4.78 is 0. The van der Waals surface area contributed by atoms with E-state index in [9.17, 15) is 5.26 Å². The van der Waals surface area contributed by atoms with Gasteiger partial charge in [0, 0.05) is 18.5 Å². The van der Waals surface area contributed by atoms with Crippen molar-refractivity contribution in [1.29, 1.82) is 5.26 Å². The minimum atomic E-state index is 0.777. The molecule has 0 aliphatic rings. The lowest BCUT2D eigenvalue weighted by atomic mass is 10.1. The van der Waals surface area contributed by atoms with Crippen LogP contribution in [0.4, 0.5) is 5.69 Å². The van der Waals surface area contributed by atoms with Gasteiger partial charge in [-0.05, 0) is 30.4 Å². The highest BCUT2D eigenvalue weighted by molar-refractivity contribution is 7.99. The summed E-state index contributed by atoms with van der Waals surface area (Å²) in [5.41, 5.74) is 4.29. The molecule has 0 spiro atoms. The van der Waals surface area contributed by atoms with E-state index < -0.39 is 0 Å². The zero-order chi connectivity index (χ0) is 15.2. The summed E-state index contributed by atoms with van der Waals surface area (Å²) in [7, 11) is 2.04. The SMILES string of the molecule is CCSc1cccc(N(C)Cc2cccc(C)c2)c1C#N. The van der Waals surface area contributed by atoms with Gasteiger partial charge < -0.3 is 4.90 Å². The Bertz CT molecular complexity index is 659. The van der Waals surface area contributed by atoms with E-state index in [0.717, 1.165) is 28.4 Å². The lowest BCUT2D eigenvalue weighted by Gasteiger charge is -2.22. The summed E-state index contributed by atoms with van der Waals surface area (Å²) in [6.07, 6.45) is 0. The highest BCUT2D eigenvalue weighted by atomic mass is 32.2. The Hall–Kier alpha value is -1.92. The van der Waals surface area contributed by atoms with Gasteiger partial charge in [-0.15, -0.1) is 11.8 Å². The van der Waals surface area contributed by atoms with Gasteiger partial charge in [-0.1, -0.05) is 42.8 Å².